The summed E-state index contributed by atoms with van der Waals surface area (Å²) in [5, 5.41) is 13.9. The first kappa shape index (κ1) is 24.3. The van der Waals surface area contributed by atoms with Gasteiger partial charge in [-0.25, -0.2) is 0 Å². The molecule has 6 nitrogen and oxygen atoms in total. The number of hydrogen-bond donors (Lipinski definition) is 2. The second kappa shape index (κ2) is 11.0. The van der Waals surface area contributed by atoms with Gasteiger partial charge in [0, 0.05) is 17.4 Å². The number of carbonyl (C=O) groups excluding carboxylic acids is 1. The maximum Gasteiger partial charge on any atom is 0.217 e. The highest BCUT2D eigenvalue weighted by atomic mass is 32.2. The van der Waals surface area contributed by atoms with Gasteiger partial charge in [0.1, 0.15) is 6.10 Å². The summed E-state index contributed by atoms with van der Waals surface area (Å²) >= 11 is 1.50. The smallest absolute Gasteiger partial charge is 0.217 e. The number of unbranched alkanes of at least 4 members (excludes halogenated alkanes) is 1. The summed E-state index contributed by atoms with van der Waals surface area (Å²) in [6.45, 7) is 4.24. The molecule has 0 radical (unpaired) electrons. The molecule has 0 fully saturated rings. The number of methoxy groups -OCH3 is 2. The molecule has 0 aliphatic heterocycles. The zero-order chi connectivity index (χ0) is 23.3. The van der Waals surface area contributed by atoms with Gasteiger partial charge in [0.15, 0.2) is 11.5 Å². The number of carbonyl (C=O) groups is 1. The van der Waals surface area contributed by atoms with E-state index in [1.165, 1.54) is 18.7 Å². The summed E-state index contributed by atoms with van der Waals surface area (Å²) in [7, 11) is 3.24. The number of ether oxygens (including phenoxy) is 3. The highest BCUT2D eigenvalue weighted by Crippen LogP contribution is 2.49. The zero-order valence-electron chi connectivity index (χ0n) is 19.5. The van der Waals surface area contributed by atoms with Crippen LogP contribution in [-0.2, 0) is 11.2 Å². The van der Waals surface area contributed by atoms with Crippen LogP contribution in [0.3, 0.4) is 0 Å². The Hall–Kier alpha value is -2.38. The number of aliphatic hydroxyl groups excluding tert-OH is 1. The molecule has 0 spiro atoms. The average Bonchev–Trinajstić information content (AvgIpc) is 3.01. The number of fused-ring (bicyclic) bond motifs is 3. The topological polar surface area (TPSA) is 77.0 Å². The SMILES string of the molecule is CCCCOc1cc2c(c(OC)c1OC)C1=CC=C(SC)C(O)C=C1[C@@H](NC(C)=O)CC2. The molecule has 2 atom stereocenters. The number of aliphatic hydroxyl groups is 1. The third-order valence-electron chi connectivity index (χ3n) is 5.76. The van der Waals surface area contributed by atoms with Crippen LogP contribution in [0.1, 0.15) is 44.2 Å². The van der Waals surface area contributed by atoms with Gasteiger partial charge < -0.3 is 24.6 Å². The first-order valence-electron chi connectivity index (χ1n) is 11.0. The van der Waals surface area contributed by atoms with Crippen molar-refractivity contribution in [3.8, 4) is 17.2 Å². The van der Waals surface area contributed by atoms with Crippen molar-refractivity contribution in [2.24, 2.45) is 0 Å². The minimum Gasteiger partial charge on any atom is -0.492 e. The largest absolute Gasteiger partial charge is 0.492 e. The van der Waals surface area contributed by atoms with Gasteiger partial charge in [-0.2, -0.15) is 0 Å². The maximum absolute atomic E-state index is 12.0. The zero-order valence-corrected chi connectivity index (χ0v) is 20.3. The van der Waals surface area contributed by atoms with Crippen molar-refractivity contribution in [2.75, 3.05) is 27.1 Å². The molecule has 7 heteroatoms. The summed E-state index contributed by atoms with van der Waals surface area (Å²) < 4.78 is 17.7. The fraction of sp³-hybridized carbons (Fsp3) is 0.480. The van der Waals surface area contributed by atoms with E-state index in [1.54, 1.807) is 14.2 Å². The second-order valence-corrected chi connectivity index (χ2v) is 8.77. The Morgan fingerprint density at radius 1 is 1.25 bits per heavy atom. The van der Waals surface area contributed by atoms with Crippen LogP contribution in [0.25, 0.3) is 5.57 Å². The molecule has 174 valence electrons. The number of amides is 1. The summed E-state index contributed by atoms with van der Waals surface area (Å²) in [6, 6.07) is 1.80. The number of allylic oxidation sites excluding steroid dienone is 2. The number of hydrogen-bond acceptors (Lipinski definition) is 6. The van der Waals surface area contributed by atoms with Crippen molar-refractivity contribution < 1.29 is 24.1 Å². The van der Waals surface area contributed by atoms with Crippen molar-refractivity contribution in [3.63, 3.8) is 0 Å². The third-order valence-corrected chi connectivity index (χ3v) is 6.61. The van der Waals surface area contributed by atoms with E-state index in [0.29, 0.717) is 36.7 Å². The summed E-state index contributed by atoms with van der Waals surface area (Å²) in [6.07, 6.45) is 10.4. The molecule has 1 aromatic rings. The Kier molecular flexibility index (Phi) is 8.32. The molecule has 2 N–H and O–H groups in total. The maximum atomic E-state index is 12.0. The molecule has 32 heavy (non-hydrogen) atoms. The Bertz CT molecular complexity index is 950. The van der Waals surface area contributed by atoms with E-state index in [1.807, 2.05) is 30.6 Å². The van der Waals surface area contributed by atoms with Crippen molar-refractivity contribution in [3.05, 3.63) is 45.9 Å². The summed E-state index contributed by atoms with van der Waals surface area (Å²) in [5.74, 6) is 1.72. The van der Waals surface area contributed by atoms with Crippen LogP contribution in [0.5, 0.6) is 17.2 Å². The fourth-order valence-electron chi connectivity index (χ4n) is 4.25. The lowest BCUT2D eigenvalue weighted by molar-refractivity contribution is -0.119. The molecule has 0 saturated carbocycles. The normalized spacial score (nSPS) is 19.9. The number of benzene rings is 1. The predicted octanol–water partition coefficient (Wildman–Crippen LogP) is 4.26. The Balaban J connectivity index is 2.23. The second-order valence-electron chi connectivity index (χ2n) is 7.89. The van der Waals surface area contributed by atoms with Crippen LogP contribution < -0.4 is 19.5 Å². The Morgan fingerprint density at radius 2 is 2.00 bits per heavy atom. The number of aryl methyl sites for hydroxylation is 1. The molecule has 0 aromatic heterocycles. The number of rotatable bonds is 8. The molecule has 1 aromatic carbocycles. The van der Waals surface area contributed by atoms with Crippen LogP contribution >= 0.6 is 11.8 Å². The van der Waals surface area contributed by atoms with E-state index < -0.39 is 6.10 Å². The molecule has 0 bridgehead atoms. The van der Waals surface area contributed by atoms with E-state index in [2.05, 4.69) is 12.2 Å². The first-order valence-corrected chi connectivity index (χ1v) is 12.2. The molecule has 0 heterocycles. The molecule has 2 aliphatic rings. The van der Waals surface area contributed by atoms with E-state index in [4.69, 9.17) is 14.2 Å². The van der Waals surface area contributed by atoms with Crippen LogP contribution in [0.4, 0.5) is 0 Å². The van der Waals surface area contributed by atoms with Crippen molar-refractivity contribution in [1.29, 1.82) is 0 Å². The van der Waals surface area contributed by atoms with Gasteiger partial charge in [0.05, 0.1) is 26.9 Å². The molecular formula is C25H33NO5S. The molecule has 1 amide bonds. The molecule has 2 aliphatic carbocycles. The van der Waals surface area contributed by atoms with E-state index in [-0.39, 0.29) is 11.9 Å². The molecule has 3 rings (SSSR count). The third kappa shape index (κ3) is 4.99. The Morgan fingerprint density at radius 3 is 2.62 bits per heavy atom. The monoisotopic (exact) mass is 459 g/mol. The van der Waals surface area contributed by atoms with Crippen molar-refractivity contribution in [1.82, 2.24) is 5.32 Å². The lowest BCUT2D eigenvalue weighted by atomic mass is 9.91. The lowest BCUT2D eigenvalue weighted by Crippen LogP contribution is -2.35. The van der Waals surface area contributed by atoms with Crippen LogP contribution in [0.2, 0.25) is 0 Å². The van der Waals surface area contributed by atoms with Crippen LogP contribution in [0, 0.1) is 0 Å². The molecule has 0 saturated heterocycles. The average molecular weight is 460 g/mol. The van der Waals surface area contributed by atoms with Gasteiger partial charge in [-0.3, -0.25) is 4.79 Å². The Labute approximate surface area is 194 Å². The first-order chi connectivity index (χ1) is 15.4. The number of nitrogens with one attached hydrogen (secondary N) is 1. The number of thioether (sulfide) groups is 1. The standard InChI is InChI=1S/C25H33NO5S/c1-6-7-12-31-21-13-16-8-10-19(26-15(2)27)18-14-20(28)22(32-5)11-9-17(18)23(16)25(30-4)24(21)29-3/h9,11,13-14,19-20,28H,6-8,10,12H2,1-5H3,(H,26,27)/t19-,20?/m0/s1. The van der Waals surface area contributed by atoms with Gasteiger partial charge >= 0.3 is 0 Å². The van der Waals surface area contributed by atoms with E-state index in [0.717, 1.165) is 40.0 Å². The quantitative estimate of drug-likeness (QED) is 0.566. The van der Waals surface area contributed by atoms with Gasteiger partial charge in [0.25, 0.3) is 0 Å². The minimum absolute atomic E-state index is 0.105. The fourth-order valence-corrected chi connectivity index (χ4v) is 4.77. The van der Waals surface area contributed by atoms with Gasteiger partial charge in [-0.15, -0.1) is 11.8 Å². The summed E-state index contributed by atoms with van der Waals surface area (Å²) in [5.41, 5.74) is 3.77. The van der Waals surface area contributed by atoms with E-state index in [9.17, 15) is 9.90 Å². The van der Waals surface area contributed by atoms with E-state index >= 15 is 0 Å². The molecular weight excluding hydrogens is 426 g/mol. The van der Waals surface area contributed by atoms with Crippen molar-refractivity contribution >= 4 is 23.2 Å². The predicted molar refractivity (Wildman–Crippen MR) is 130 cm³/mol. The van der Waals surface area contributed by atoms with Gasteiger partial charge in [-0.05, 0) is 60.4 Å². The van der Waals surface area contributed by atoms with Gasteiger partial charge in [0.2, 0.25) is 11.7 Å². The summed E-state index contributed by atoms with van der Waals surface area (Å²) in [4.78, 5) is 12.8. The van der Waals surface area contributed by atoms with Crippen molar-refractivity contribution in [2.45, 2.75) is 51.7 Å². The highest BCUT2D eigenvalue weighted by Gasteiger charge is 2.32. The molecule has 1 unspecified atom stereocenters. The lowest BCUT2D eigenvalue weighted by Gasteiger charge is -2.23. The highest BCUT2D eigenvalue weighted by molar-refractivity contribution is 8.02. The minimum atomic E-state index is -0.740. The van der Waals surface area contributed by atoms with Gasteiger partial charge in [-0.1, -0.05) is 19.4 Å². The van der Waals surface area contributed by atoms with Crippen LogP contribution in [-0.4, -0.2) is 50.2 Å². The van der Waals surface area contributed by atoms with Crippen LogP contribution in [0.15, 0.2) is 34.8 Å².